The molecule has 1 aliphatic heterocycles. The third-order valence-electron chi connectivity index (χ3n) is 7.78. The number of hydrogen-bond donors (Lipinski definition) is 0. The molecule has 0 aromatic heterocycles. The van der Waals surface area contributed by atoms with Gasteiger partial charge in [0.25, 0.3) is 6.35 Å². The lowest BCUT2D eigenvalue weighted by molar-refractivity contribution is -0.601. The predicted octanol–water partition coefficient (Wildman–Crippen LogP) is 7.29. The van der Waals surface area contributed by atoms with Crippen LogP contribution in [0.1, 0.15) is 46.0 Å². The first-order chi connectivity index (χ1) is 22.2. The summed E-state index contributed by atoms with van der Waals surface area (Å²) in [5.74, 6) is -49.0. The maximum Gasteiger partial charge on any atom is 0.505 e. The lowest BCUT2D eigenvalue weighted by Crippen LogP contribution is -2.73. The average Bonchev–Trinajstić information content (AvgIpc) is 3.03. The van der Waals surface area contributed by atoms with Crippen molar-refractivity contribution >= 4 is 23.4 Å². The van der Waals surface area contributed by atoms with Crippen molar-refractivity contribution in [3.8, 4) is 0 Å². The molecule has 0 amide bonds. The van der Waals surface area contributed by atoms with E-state index in [2.05, 4.69) is 0 Å². The molecule has 1 saturated heterocycles. The van der Waals surface area contributed by atoms with Gasteiger partial charge in [-0.3, -0.25) is 0 Å². The lowest BCUT2D eigenvalue weighted by atomic mass is 9.23. The molecule has 0 aliphatic carbocycles. The number of hydrogen-bond acceptors (Lipinski definition) is 2. The first kappa shape index (κ1) is 36.5. The van der Waals surface area contributed by atoms with Gasteiger partial charge in [0.05, 0.1) is 5.76 Å². The van der Waals surface area contributed by atoms with Gasteiger partial charge in [0.1, 0.15) is 23.3 Å². The SMILES string of the molecule is C/C=C1\OC(=[N+](C(C)C)C(C)C)O[B-](c2c(F)c(F)c(F)c(F)c2F)(c2c(F)c(F)c(F)c(F)c2F)[C@@H]1c1c(F)c(F)c(F)c(F)c1F. The maximum atomic E-state index is 15.9. The van der Waals surface area contributed by atoms with Crippen LogP contribution in [0.3, 0.4) is 0 Å². The largest absolute Gasteiger partial charge is 0.628 e. The molecule has 4 rings (SSSR count). The van der Waals surface area contributed by atoms with Crippen LogP contribution in [0.2, 0.25) is 0 Å². The first-order valence-electron chi connectivity index (χ1n) is 13.6. The molecule has 1 atom stereocenters. The topological polar surface area (TPSA) is 21.5 Å². The monoisotopic (exact) mass is 709 g/mol. The summed E-state index contributed by atoms with van der Waals surface area (Å²) in [5, 5.41) is 0. The Kier molecular flexibility index (Phi) is 9.60. The molecule has 0 unspecified atom stereocenters. The standard InChI is InChI=1S/C29H19BF15NO2/c1-6-9-11(10-14(31)20(37)26(43)21(38)15(10)32)30(48-29(47-9)46(7(2)3)8(4)5,12-16(33)22(39)27(44)23(40)17(12)34)13-18(35)24(41)28(45)25(42)19(13)36/h6-8,11H,1-5H3/b9-6-/t11-/m0/s1. The molecule has 0 saturated carbocycles. The third-order valence-corrected chi connectivity index (χ3v) is 7.78. The van der Waals surface area contributed by atoms with Gasteiger partial charge in [0, 0.05) is 5.56 Å². The number of nitrogens with zero attached hydrogens (tertiary/aromatic N) is 1. The molecule has 0 N–H and O–H groups in total. The highest BCUT2D eigenvalue weighted by Gasteiger charge is 2.58. The zero-order valence-corrected chi connectivity index (χ0v) is 24.8. The maximum absolute atomic E-state index is 15.9. The Bertz CT molecular complexity index is 1760. The van der Waals surface area contributed by atoms with E-state index in [4.69, 9.17) is 9.39 Å². The van der Waals surface area contributed by atoms with Crippen LogP contribution in [0.25, 0.3) is 0 Å². The van der Waals surface area contributed by atoms with Gasteiger partial charge < -0.3 is 9.39 Å². The van der Waals surface area contributed by atoms with Crippen molar-refractivity contribution in [1.82, 2.24) is 0 Å². The molecule has 19 heteroatoms. The molecule has 1 fully saturated rings. The van der Waals surface area contributed by atoms with Crippen molar-refractivity contribution in [2.24, 2.45) is 0 Å². The summed E-state index contributed by atoms with van der Waals surface area (Å²) in [6.45, 7) is 6.23. The van der Waals surface area contributed by atoms with Gasteiger partial charge in [-0.1, -0.05) is 17.0 Å². The van der Waals surface area contributed by atoms with Gasteiger partial charge >= 0.3 is 6.08 Å². The zero-order chi connectivity index (χ0) is 36.5. The summed E-state index contributed by atoms with van der Waals surface area (Å²) in [6.07, 6.45) is -6.44. The Morgan fingerprint density at radius 2 is 0.792 bits per heavy atom. The van der Waals surface area contributed by atoms with Crippen LogP contribution in [0.15, 0.2) is 11.8 Å². The van der Waals surface area contributed by atoms with Crippen LogP contribution in [-0.4, -0.2) is 29.1 Å². The van der Waals surface area contributed by atoms with E-state index < -0.39 is 140 Å². The highest BCUT2D eigenvalue weighted by molar-refractivity contribution is 7.00. The molecule has 3 nitrogen and oxygen atoms in total. The molecule has 0 spiro atoms. The zero-order valence-electron chi connectivity index (χ0n) is 24.8. The highest BCUT2D eigenvalue weighted by Crippen LogP contribution is 2.45. The summed E-state index contributed by atoms with van der Waals surface area (Å²) < 4.78 is 238. The minimum Gasteiger partial charge on any atom is -0.628 e. The van der Waals surface area contributed by atoms with E-state index in [1.54, 1.807) is 0 Å². The van der Waals surface area contributed by atoms with Gasteiger partial charge in [-0.2, -0.15) is 4.58 Å². The Hall–Kier alpha value is -4.32. The molecule has 0 radical (unpaired) electrons. The summed E-state index contributed by atoms with van der Waals surface area (Å²) in [7, 11) is 0. The van der Waals surface area contributed by atoms with Crippen LogP contribution >= 0.6 is 0 Å². The van der Waals surface area contributed by atoms with E-state index >= 15 is 26.3 Å². The molecule has 48 heavy (non-hydrogen) atoms. The number of ether oxygens (including phenoxy) is 1. The van der Waals surface area contributed by atoms with Crippen molar-refractivity contribution in [1.29, 1.82) is 0 Å². The molecule has 1 heterocycles. The van der Waals surface area contributed by atoms with Gasteiger partial charge in [0.2, 0.25) is 5.82 Å². The average molecular weight is 709 g/mol. The van der Waals surface area contributed by atoms with E-state index in [0.29, 0.717) is 6.08 Å². The van der Waals surface area contributed by atoms with Crippen molar-refractivity contribution in [3.05, 3.63) is 105 Å². The molecule has 3 aromatic carbocycles. The Morgan fingerprint density at radius 1 is 0.500 bits per heavy atom. The molecule has 0 bridgehead atoms. The van der Waals surface area contributed by atoms with E-state index in [1.165, 1.54) is 27.7 Å². The Morgan fingerprint density at radius 3 is 1.08 bits per heavy atom. The molecular formula is C29H19BF15NO2. The fraction of sp³-hybridized carbons (Fsp3) is 0.276. The van der Waals surface area contributed by atoms with Gasteiger partial charge in [-0.15, -0.1) is 0 Å². The summed E-state index contributed by atoms with van der Waals surface area (Å²) in [5.41, 5.74) is -7.53. The third kappa shape index (κ3) is 5.07. The minimum atomic E-state index is -5.75. The fourth-order valence-corrected chi connectivity index (χ4v) is 5.88. The quantitative estimate of drug-likeness (QED) is 0.0914. The van der Waals surface area contributed by atoms with Crippen LogP contribution in [0.5, 0.6) is 0 Å². The van der Waals surface area contributed by atoms with Crippen molar-refractivity contribution in [2.75, 3.05) is 0 Å². The Labute approximate surface area is 260 Å². The van der Waals surface area contributed by atoms with Crippen molar-refractivity contribution < 1.29 is 79.8 Å². The smallest absolute Gasteiger partial charge is 0.505 e. The normalized spacial score (nSPS) is 17.0. The van der Waals surface area contributed by atoms with Gasteiger partial charge in [0.15, 0.2) is 70.3 Å². The van der Waals surface area contributed by atoms with E-state index in [9.17, 15) is 39.5 Å². The van der Waals surface area contributed by atoms with Crippen molar-refractivity contribution in [2.45, 2.75) is 52.5 Å². The van der Waals surface area contributed by atoms with E-state index in [0.717, 1.165) is 11.5 Å². The van der Waals surface area contributed by atoms with Gasteiger partial charge in [-0.05, 0) is 40.4 Å². The van der Waals surface area contributed by atoms with E-state index in [1.807, 2.05) is 0 Å². The van der Waals surface area contributed by atoms with E-state index in [-0.39, 0.29) is 0 Å². The summed E-state index contributed by atoms with van der Waals surface area (Å²) in [6, 6.07) is -1.85. The molecule has 1 aliphatic rings. The Balaban J connectivity index is 2.52. The van der Waals surface area contributed by atoms with Crippen molar-refractivity contribution in [3.63, 3.8) is 0 Å². The molecule has 3 aromatic rings. The number of halogens is 15. The predicted molar refractivity (Wildman–Crippen MR) is 138 cm³/mol. The fourth-order valence-electron chi connectivity index (χ4n) is 5.88. The van der Waals surface area contributed by atoms with Gasteiger partial charge in [-0.25, -0.2) is 65.9 Å². The van der Waals surface area contributed by atoms with Crippen LogP contribution in [0, 0.1) is 87.3 Å². The van der Waals surface area contributed by atoms with Crippen LogP contribution < -0.4 is 10.9 Å². The summed E-state index contributed by atoms with van der Waals surface area (Å²) in [4.78, 5) is 0. The van der Waals surface area contributed by atoms with Crippen LogP contribution in [0.4, 0.5) is 65.9 Å². The number of benzene rings is 3. The second-order valence-corrected chi connectivity index (χ2v) is 11.0. The molecule has 260 valence electrons. The second kappa shape index (κ2) is 12.6. The van der Waals surface area contributed by atoms with Crippen LogP contribution in [-0.2, 0) is 9.39 Å². The lowest BCUT2D eigenvalue weighted by Gasteiger charge is -2.51. The second-order valence-electron chi connectivity index (χ2n) is 11.0. The number of allylic oxidation sites excluding steroid dienone is 2. The highest BCUT2D eigenvalue weighted by atomic mass is 19.2. The summed E-state index contributed by atoms with van der Waals surface area (Å²) >= 11 is 0. The first-order valence-corrected chi connectivity index (χ1v) is 13.6. The minimum absolute atomic E-state index is 0.540. The molecular weight excluding hydrogens is 690 g/mol. The number of rotatable bonds is 5.